The number of hydrogen-bond donors (Lipinski definition) is 1. The molecule has 0 saturated carbocycles. The molecule has 0 atom stereocenters. The number of phenols is 1. The lowest BCUT2D eigenvalue weighted by Gasteiger charge is -2.18. The van der Waals surface area contributed by atoms with Crippen molar-refractivity contribution in [3.05, 3.63) is 54.6 Å². The second-order valence-corrected chi connectivity index (χ2v) is 5.71. The Kier molecular flexibility index (Phi) is 3.46. The van der Waals surface area contributed by atoms with Crippen molar-refractivity contribution in [2.45, 2.75) is 12.8 Å². The van der Waals surface area contributed by atoms with Crippen molar-refractivity contribution < 1.29 is 5.11 Å². The Morgan fingerprint density at radius 2 is 1.52 bits per heavy atom. The van der Waals surface area contributed by atoms with Crippen LogP contribution >= 0.6 is 0 Å². The number of phenolic OH excluding ortho intramolecular Hbond substituents is 1. The Balaban J connectivity index is 1.92. The highest BCUT2D eigenvalue weighted by Gasteiger charge is 2.23. The number of para-hydroxylation sites is 2. The molecule has 5 nitrogen and oxygen atoms in total. The normalized spacial score (nSPS) is 14.3. The maximum Gasteiger partial charge on any atom is 0.232 e. The van der Waals surface area contributed by atoms with E-state index in [1.54, 1.807) is 6.07 Å². The molecule has 1 aromatic heterocycles. The van der Waals surface area contributed by atoms with Crippen LogP contribution in [0.1, 0.15) is 12.8 Å². The topological polar surface area (TPSA) is 54.2 Å². The van der Waals surface area contributed by atoms with Crippen LogP contribution in [0.5, 0.6) is 5.75 Å². The molecule has 23 heavy (non-hydrogen) atoms. The molecule has 2 aromatic carbocycles. The summed E-state index contributed by atoms with van der Waals surface area (Å²) in [6, 6.07) is 17.3. The fraction of sp³-hybridized carbons (Fsp3) is 0.222. The summed E-state index contributed by atoms with van der Waals surface area (Å²) in [5.41, 5.74) is 1.69. The van der Waals surface area contributed by atoms with Crippen LogP contribution in [0.15, 0.2) is 54.6 Å². The van der Waals surface area contributed by atoms with Crippen LogP contribution in [0, 0.1) is 0 Å². The van der Waals surface area contributed by atoms with Crippen LogP contribution in [-0.2, 0) is 0 Å². The third-order valence-corrected chi connectivity index (χ3v) is 4.19. The van der Waals surface area contributed by atoms with Crippen molar-refractivity contribution in [2.24, 2.45) is 0 Å². The van der Waals surface area contributed by atoms with E-state index in [-0.39, 0.29) is 5.75 Å². The molecule has 0 spiro atoms. The number of aromatic hydroxyl groups is 1. The summed E-state index contributed by atoms with van der Waals surface area (Å²) in [4.78, 5) is 2.25. The van der Waals surface area contributed by atoms with Crippen LogP contribution in [0.3, 0.4) is 0 Å². The first-order chi connectivity index (χ1) is 11.3. The zero-order valence-electron chi connectivity index (χ0n) is 12.8. The van der Waals surface area contributed by atoms with E-state index in [0.29, 0.717) is 11.4 Å². The molecule has 4 rings (SSSR count). The zero-order valence-corrected chi connectivity index (χ0v) is 12.8. The summed E-state index contributed by atoms with van der Waals surface area (Å²) in [5.74, 6) is 1.72. The van der Waals surface area contributed by atoms with E-state index >= 15 is 0 Å². The smallest absolute Gasteiger partial charge is 0.232 e. The second-order valence-electron chi connectivity index (χ2n) is 5.71. The van der Waals surface area contributed by atoms with Gasteiger partial charge in [-0.15, -0.1) is 10.2 Å². The highest BCUT2D eigenvalue weighted by molar-refractivity contribution is 5.68. The Morgan fingerprint density at radius 3 is 2.26 bits per heavy atom. The molecule has 0 radical (unpaired) electrons. The standard InChI is InChI=1S/C18H18N4O/c23-16-11-5-4-10-15(16)17-19-20-18(21-12-6-7-13-21)22(17)14-8-2-1-3-9-14/h1-5,8-11,23H,6-7,12-13H2. The molecule has 1 N–H and O–H groups in total. The van der Waals surface area contributed by atoms with Gasteiger partial charge in [-0.2, -0.15) is 0 Å². The van der Waals surface area contributed by atoms with E-state index in [9.17, 15) is 5.11 Å². The summed E-state index contributed by atoms with van der Waals surface area (Å²) < 4.78 is 2.03. The first-order valence-electron chi connectivity index (χ1n) is 7.89. The number of rotatable bonds is 3. The van der Waals surface area contributed by atoms with Gasteiger partial charge >= 0.3 is 0 Å². The van der Waals surface area contributed by atoms with Crippen LogP contribution in [-0.4, -0.2) is 33.0 Å². The number of anilines is 1. The molecule has 116 valence electrons. The fourth-order valence-electron chi connectivity index (χ4n) is 3.05. The Morgan fingerprint density at radius 1 is 0.826 bits per heavy atom. The fourth-order valence-corrected chi connectivity index (χ4v) is 3.05. The van der Waals surface area contributed by atoms with Gasteiger partial charge < -0.3 is 10.0 Å². The van der Waals surface area contributed by atoms with E-state index < -0.39 is 0 Å². The molecule has 0 bridgehead atoms. The number of aromatic nitrogens is 3. The largest absolute Gasteiger partial charge is 0.507 e. The Bertz CT molecular complexity index is 807. The molecule has 0 unspecified atom stereocenters. The van der Waals surface area contributed by atoms with Crippen LogP contribution in [0.2, 0.25) is 0 Å². The Labute approximate surface area is 134 Å². The van der Waals surface area contributed by atoms with Gasteiger partial charge in [-0.3, -0.25) is 4.57 Å². The van der Waals surface area contributed by atoms with Crippen molar-refractivity contribution >= 4 is 5.95 Å². The average molecular weight is 306 g/mol. The summed E-state index contributed by atoms with van der Waals surface area (Å²) in [5, 5.41) is 19.0. The third-order valence-electron chi connectivity index (χ3n) is 4.19. The Hall–Kier alpha value is -2.82. The van der Waals surface area contributed by atoms with Crippen molar-refractivity contribution in [1.29, 1.82) is 0 Å². The lowest BCUT2D eigenvalue weighted by molar-refractivity contribution is 0.476. The number of nitrogens with zero attached hydrogens (tertiary/aromatic N) is 4. The van der Waals surface area contributed by atoms with E-state index in [1.807, 2.05) is 53.1 Å². The van der Waals surface area contributed by atoms with Gasteiger partial charge in [-0.05, 0) is 37.1 Å². The van der Waals surface area contributed by atoms with Crippen LogP contribution in [0.4, 0.5) is 5.95 Å². The van der Waals surface area contributed by atoms with Crippen molar-refractivity contribution in [2.75, 3.05) is 18.0 Å². The molecular formula is C18H18N4O. The molecule has 0 aliphatic carbocycles. The summed E-state index contributed by atoms with van der Waals surface area (Å²) in [6.45, 7) is 1.98. The highest BCUT2D eigenvalue weighted by atomic mass is 16.3. The molecule has 1 saturated heterocycles. The van der Waals surface area contributed by atoms with Gasteiger partial charge in [0.2, 0.25) is 5.95 Å². The lowest BCUT2D eigenvalue weighted by Crippen LogP contribution is -2.22. The van der Waals surface area contributed by atoms with Gasteiger partial charge in [-0.25, -0.2) is 0 Å². The molecule has 1 aliphatic rings. The lowest BCUT2D eigenvalue weighted by atomic mass is 10.2. The van der Waals surface area contributed by atoms with E-state index in [0.717, 1.165) is 24.7 Å². The third kappa shape index (κ3) is 2.44. The zero-order chi connectivity index (χ0) is 15.6. The molecule has 1 aliphatic heterocycles. The van der Waals surface area contributed by atoms with Gasteiger partial charge in [-0.1, -0.05) is 30.3 Å². The van der Waals surface area contributed by atoms with E-state index in [4.69, 9.17) is 0 Å². The average Bonchev–Trinajstić information content (AvgIpc) is 3.25. The van der Waals surface area contributed by atoms with Crippen molar-refractivity contribution in [3.63, 3.8) is 0 Å². The molecule has 0 amide bonds. The predicted octanol–water partition coefficient (Wildman–Crippen LogP) is 3.24. The summed E-state index contributed by atoms with van der Waals surface area (Å²) in [6.07, 6.45) is 2.35. The summed E-state index contributed by atoms with van der Waals surface area (Å²) >= 11 is 0. The van der Waals surface area contributed by atoms with Gasteiger partial charge in [0, 0.05) is 13.1 Å². The first-order valence-corrected chi connectivity index (χ1v) is 7.89. The monoisotopic (exact) mass is 306 g/mol. The number of hydrogen-bond acceptors (Lipinski definition) is 4. The molecule has 1 fully saturated rings. The molecule has 3 aromatic rings. The van der Waals surface area contributed by atoms with Gasteiger partial charge in [0.15, 0.2) is 5.82 Å². The minimum Gasteiger partial charge on any atom is -0.507 e. The molecular weight excluding hydrogens is 288 g/mol. The minimum atomic E-state index is 0.213. The maximum absolute atomic E-state index is 10.2. The minimum absolute atomic E-state index is 0.213. The highest BCUT2D eigenvalue weighted by Crippen LogP contribution is 2.33. The van der Waals surface area contributed by atoms with E-state index in [1.165, 1.54) is 12.8 Å². The van der Waals surface area contributed by atoms with Crippen molar-refractivity contribution in [3.8, 4) is 22.8 Å². The van der Waals surface area contributed by atoms with E-state index in [2.05, 4.69) is 15.1 Å². The SMILES string of the molecule is Oc1ccccc1-c1nnc(N2CCCC2)n1-c1ccccc1. The van der Waals surface area contributed by atoms with Gasteiger partial charge in [0.25, 0.3) is 0 Å². The quantitative estimate of drug-likeness (QED) is 0.807. The first kappa shape index (κ1) is 13.8. The second kappa shape index (κ2) is 5.76. The maximum atomic E-state index is 10.2. The summed E-state index contributed by atoms with van der Waals surface area (Å²) in [7, 11) is 0. The molecule has 5 heteroatoms. The predicted molar refractivity (Wildman–Crippen MR) is 89.9 cm³/mol. The van der Waals surface area contributed by atoms with Crippen LogP contribution in [0.25, 0.3) is 17.1 Å². The number of benzene rings is 2. The van der Waals surface area contributed by atoms with Crippen molar-refractivity contribution in [1.82, 2.24) is 14.8 Å². The van der Waals surface area contributed by atoms with Gasteiger partial charge in [0.1, 0.15) is 5.75 Å². The van der Waals surface area contributed by atoms with Gasteiger partial charge in [0.05, 0.1) is 11.3 Å². The van der Waals surface area contributed by atoms with Crippen LogP contribution < -0.4 is 4.90 Å². The molecule has 2 heterocycles.